The summed E-state index contributed by atoms with van der Waals surface area (Å²) in [4.78, 5) is 48.1. The summed E-state index contributed by atoms with van der Waals surface area (Å²) < 4.78 is 5.43. The molecule has 8 heteroatoms. The van der Waals surface area contributed by atoms with Crippen molar-refractivity contribution < 1.29 is 34.1 Å². The molecule has 0 heterocycles. The van der Waals surface area contributed by atoms with E-state index in [-0.39, 0.29) is 6.42 Å². The van der Waals surface area contributed by atoms with Gasteiger partial charge >= 0.3 is 17.9 Å². The molecule has 0 aliphatic heterocycles. The van der Waals surface area contributed by atoms with Crippen LogP contribution in [0.3, 0.4) is 0 Å². The van der Waals surface area contributed by atoms with Gasteiger partial charge in [0.25, 0.3) is 5.91 Å². The van der Waals surface area contributed by atoms with Gasteiger partial charge in [-0.3, -0.25) is 14.4 Å². The Morgan fingerprint density at radius 2 is 0.977 bits per heavy atom. The molecule has 0 radical (unpaired) electrons. The van der Waals surface area contributed by atoms with Crippen LogP contribution < -0.4 is 5.32 Å². The summed E-state index contributed by atoms with van der Waals surface area (Å²) in [5.74, 6) is -3.03. The Bertz CT molecular complexity index is 1090. The van der Waals surface area contributed by atoms with Gasteiger partial charge in [-0.2, -0.15) is 0 Å². The van der Waals surface area contributed by atoms with Crippen molar-refractivity contribution in [3.8, 4) is 0 Å². The van der Waals surface area contributed by atoms with Gasteiger partial charge < -0.3 is 20.3 Å². The van der Waals surface area contributed by atoms with Crippen LogP contribution >= 0.6 is 0 Å². The van der Waals surface area contributed by atoms with E-state index in [1.54, 1.807) is 60.7 Å². The Morgan fingerprint density at radius 1 is 0.568 bits per heavy atom. The third-order valence-electron chi connectivity index (χ3n) is 7.81. The molecule has 8 nitrogen and oxygen atoms in total. The van der Waals surface area contributed by atoms with E-state index < -0.39 is 36.0 Å². The molecule has 2 atom stereocenters. The zero-order chi connectivity index (χ0) is 31.8. The van der Waals surface area contributed by atoms with E-state index in [2.05, 4.69) is 5.32 Å². The monoisotopic (exact) mass is 609 g/mol. The van der Waals surface area contributed by atoms with Crippen LogP contribution in [-0.2, 0) is 19.1 Å². The summed E-state index contributed by atoms with van der Waals surface area (Å²) >= 11 is 0. The van der Waals surface area contributed by atoms with E-state index >= 15 is 0 Å². The van der Waals surface area contributed by atoms with E-state index in [1.165, 1.54) is 57.8 Å². The fourth-order valence-electron chi connectivity index (χ4n) is 5.29. The molecule has 0 aliphatic rings. The molecule has 3 N–H and O–H groups in total. The minimum absolute atomic E-state index is 0.139. The second kappa shape index (κ2) is 22.8. The molecule has 0 saturated heterocycles. The third-order valence-corrected chi connectivity index (χ3v) is 7.81. The fourth-order valence-corrected chi connectivity index (χ4v) is 5.29. The van der Waals surface area contributed by atoms with Crippen LogP contribution in [0.2, 0.25) is 0 Å². The molecule has 1 amide bonds. The number of carbonyl (C=O) groups excluding carboxylic acids is 2. The van der Waals surface area contributed by atoms with Gasteiger partial charge in [0.05, 0.1) is 0 Å². The van der Waals surface area contributed by atoms with E-state index in [4.69, 9.17) is 9.84 Å². The number of aliphatic carboxylic acids is 2. The Hall–Kier alpha value is -3.68. The molecule has 2 rings (SSSR count). The number of amides is 1. The lowest BCUT2D eigenvalue weighted by atomic mass is 10.0. The van der Waals surface area contributed by atoms with Crippen molar-refractivity contribution in [1.29, 1.82) is 0 Å². The lowest BCUT2D eigenvalue weighted by Gasteiger charge is -2.25. The second-order valence-corrected chi connectivity index (χ2v) is 11.5. The van der Waals surface area contributed by atoms with Gasteiger partial charge in [0.1, 0.15) is 6.04 Å². The maximum absolute atomic E-state index is 12.8. The van der Waals surface area contributed by atoms with Crippen LogP contribution in [0.5, 0.6) is 0 Å². The van der Waals surface area contributed by atoms with Gasteiger partial charge in [-0.15, -0.1) is 0 Å². The van der Waals surface area contributed by atoms with Crippen LogP contribution in [0.25, 0.3) is 0 Å². The van der Waals surface area contributed by atoms with Crippen LogP contribution in [0.4, 0.5) is 0 Å². The van der Waals surface area contributed by atoms with Crippen LogP contribution in [0.15, 0.2) is 60.7 Å². The Labute approximate surface area is 262 Å². The number of rotatable bonds is 25. The smallest absolute Gasteiger partial charge is 0.347 e. The average molecular weight is 610 g/mol. The maximum atomic E-state index is 12.8. The van der Waals surface area contributed by atoms with Crippen LogP contribution in [0.1, 0.15) is 138 Å². The first kappa shape index (κ1) is 36.5. The number of hydrogen-bond donors (Lipinski definition) is 3. The number of carbonyl (C=O) groups is 4. The van der Waals surface area contributed by atoms with Gasteiger partial charge in [0.15, 0.2) is 0 Å². The number of carboxylic acids is 2. The van der Waals surface area contributed by atoms with Gasteiger partial charge in [-0.25, -0.2) is 4.79 Å². The lowest BCUT2D eigenvalue weighted by molar-refractivity contribution is -0.166. The quantitative estimate of drug-likeness (QED) is 0.0763. The predicted octanol–water partition coefficient (Wildman–Crippen LogP) is 8.26. The maximum Gasteiger partial charge on any atom is 0.347 e. The second-order valence-electron chi connectivity index (χ2n) is 11.5. The van der Waals surface area contributed by atoms with Gasteiger partial charge in [-0.1, -0.05) is 138 Å². The highest BCUT2D eigenvalue weighted by atomic mass is 16.6. The number of esters is 1. The first-order chi connectivity index (χ1) is 21.4. The minimum Gasteiger partial charge on any atom is -0.481 e. The molecule has 0 unspecified atom stereocenters. The molecule has 0 bridgehead atoms. The highest BCUT2D eigenvalue weighted by molar-refractivity contribution is 5.95. The van der Waals surface area contributed by atoms with Crippen molar-refractivity contribution in [2.75, 3.05) is 0 Å². The number of benzene rings is 2. The van der Waals surface area contributed by atoms with Crippen LogP contribution in [-0.4, -0.2) is 40.1 Å². The topological polar surface area (TPSA) is 130 Å². The van der Waals surface area contributed by atoms with Crippen LogP contribution in [0, 0.1) is 0 Å². The van der Waals surface area contributed by atoms with Gasteiger partial charge in [0, 0.05) is 18.4 Å². The summed E-state index contributed by atoms with van der Waals surface area (Å²) in [6, 6.07) is 16.2. The van der Waals surface area contributed by atoms with Crippen molar-refractivity contribution in [3.63, 3.8) is 0 Å². The number of ether oxygens (including phenoxy) is 1. The molecule has 0 aromatic heterocycles. The summed E-state index contributed by atoms with van der Waals surface area (Å²) in [5.41, 5.74) is 0.928. The summed E-state index contributed by atoms with van der Waals surface area (Å²) in [7, 11) is 0. The Morgan fingerprint density at radius 3 is 1.41 bits per heavy atom. The average Bonchev–Trinajstić information content (AvgIpc) is 3.02. The van der Waals surface area contributed by atoms with E-state index in [0.29, 0.717) is 24.0 Å². The number of nitrogens with one attached hydrogen (secondary N) is 1. The molecule has 0 saturated carbocycles. The zero-order valence-corrected chi connectivity index (χ0v) is 26.1. The molecule has 44 heavy (non-hydrogen) atoms. The number of unbranched alkanes of at least 4 members (excludes halogenated alkanes) is 15. The van der Waals surface area contributed by atoms with Gasteiger partial charge in [0.2, 0.25) is 6.10 Å². The summed E-state index contributed by atoms with van der Waals surface area (Å²) in [5, 5.41) is 21.3. The standard InChI is InChI=1S/C36H51NO7/c38-31(39)27-21-13-11-9-7-5-3-1-2-4-6-8-10-12-14-22-28-32(40)44-34(36(42)43)33(29-23-17-15-18-24-29)37-35(41)30-25-19-16-20-26-30/h15-20,23-26,33-34H,1-14,21-22,27-28H2,(H,37,41)(H,38,39)(H,42,43)/t33-,34+/m0/s1. The summed E-state index contributed by atoms with van der Waals surface area (Å²) in [6.45, 7) is 0. The molecule has 2 aromatic carbocycles. The molecule has 242 valence electrons. The Kier molecular flexibility index (Phi) is 18.9. The largest absolute Gasteiger partial charge is 0.481 e. The van der Waals surface area contributed by atoms with Crippen molar-refractivity contribution in [2.24, 2.45) is 0 Å². The Balaban J connectivity index is 1.58. The SMILES string of the molecule is O=C(O)CCCCCCCCCCCCCCCCCCC(=O)O[C@@H](C(=O)O)[C@@H](NC(=O)c1ccccc1)c1ccccc1. The number of carboxylic acid groups (broad SMARTS) is 2. The first-order valence-electron chi connectivity index (χ1n) is 16.4. The van der Waals surface area contributed by atoms with Gasteiger partial charge in [-0.05, 0) is 30.5 Å². The van der Waals surface area contributed by atoms with E-state index in [1.807, 2.05) is 0 Å². The number of hydrogen-bond acceptors (Lipinski definition) is 5. The molecular weight excluding hydrogens is 558 g/mol. The lowest BCUT2D eigenvalue weighted by Crippen LogP contribution is -2.43. The van der Waals surface area contributed by atoms with E-state index in [9.17, 15) is 24.3 Å². The zero-order valence-electron chi connectivity index (χ0n) is 26.1. The van der Waals surface area contributed by atoms with Crippen molar-refractivity contribution >= 4 is 23.8 Å². The predicted molar refractivity (Wildman–Crippen MR) is 171 cm³/mol. The molecule has 0 fully saturated rings. The summed E-state index contributed by atoms with van der Waals surface area (Å²) in [6.07, 6.45) is 16.7. The molecule has 0 spiro atoms. The highest BCUT2D eigenvalue weighted by Crippen LogP contribution is 2.22. The van der Waals surface area contributed by atoms with E-state index in [0.717, 1.165) is 38.5 Å². The minimum atomic E-state index is -1.55. The molecular formula is C36H51NO7. The fraction of sp³-hybridized carbons (Fsp3) is 0.556. The normalized spacial score (nSPS) is 12.3. The highest BCUT2D eigenvalue weighted by Gasteiger charge is 2.34. The van der Waals surface area contributed by atoms with Crippen molar-refractivity contribution in [3.05, 3.63) is 71.8 Å². The third kappa shape index (κ3) is 16.2. The molecule has 0 aliphatic carbocycles. The van der Waals surface area contributed by atoms with Crippen molar-refractivity contribution in [2.45, 2.75) is 128 Å². The van der Waals surface area contributed by atoms with Crippen molar-refractivity contribution in [1.82, 2.24) is 5.32 Å². The first-order valence-corrected chi connectivity index (χ1v) is 16.4. The molecule has 2 aromatic rings.